The van der Waals surface area contributed by atoms with Gasteiger partial charge in [-0.25, -0.2) is 0 Å². The Morgan fingerprint density at radius 2 is 1.94 bits per heavy atom. The van der Waals surface area contributed by atoms with Crippen LogP contribution in [0.5, 0.6) is 0 Å². The smallest absolute Gasteiger partial charge is 0.236 e. The van der Waals surface area contributed by atoms with Crippen molar-refractivity contribution in [3.8, 4) is 0 Å². The molecule has 0 bridgehead atoms. The molecule has 0 aromatic carbocycles. The SMILES string of the molecule is CN1CCCC1CNCC(=O)N1CCCCC1. The first-order chi connectivity index (χ1) is 8.27. The predicted molar refractivity (Wildman–Crippen MR) is 69.0 cm³/mol. The van der Waals surface area contributed by atoms with Gasteiger partial charge in [0.1, 0.15) is 0 Å². The van der Waals surface area contributed by atoms with Gasteiger partial charge in [-0.3, -0.25) is 4.79 Å². The first kappa shape index (κ1) is 12.8. The Kier molecular flexibility index (Phi) is 4.80. The molecule has 1 N–H and O–H groups in total. The van der Waals surface area contributed by atoms with E-state index < -0.39 is 0 Å². The van der Waals surface area contributed by atoms with Crippen molar-refractivity contribution in [2.45, 2.75) is 38.1 Å². The van der Waals surface area contributed by atoms with Crippen molar-refractivity contribution in [3.63, 3.8) is 0 Å². The van der Waals surface area contributed by atoms with Crippen LogP contribution >= 0.6 is 0 Å². The Hall–Kier alpha value is -0.610. The zero-order valence-electron chi connectivity index (χ0n) is 11.0. The first-order valence-corrected chi connectivity index (χ1v) is 6.96. The molecule has 1 amide bonds. The van der Waals surface area contributed by atoms with E-state index in [1.165, 1.54) is 38.6 Å². The van der Waals surface area contributed by atoms with Crippen molar-refractivity contribution in [2.75, 3.05) is 39.8 Å². The second-order valence-corrected chi connectivity index (χ2v) is 5.35. The second kappa shape index (κ2) is 6.36. The van der Waals surface area contributed by atoms with Crippen LogP contribution < -0.4 is 5.32 Å². The van der Waals surface area contributed by atoms with Crippen LogP contribution in [0.25, 0.3) is 0 Å². The number of carbonyl (C=O) groups excluding carboxylic acids is 1. The molecule has 2 aliphatic rings. The number of piperidine rings is 1. The molecule has 0 radical (unpaired) electrons. The molecule has 4 nitrogen and oxygen atoms in total. The van der Waals surface area contributed by atoms with Crippen molar-refractivity contribution >= 4 is 5.91 Å². The summed E-state index contributed by atoms with van der Waals surface area (Å²) in [6.45, 7) is 4.60. The summed E-state index contributed by atoms with van der Waals surface area (Å²) in [6, 6.07) is 0.629. The van der Waals surface area contributed by atoms with E-state index in [1.807, 2.05) is 4.90 Å². The number of rotatable bonds is 4. The van der Waals surface area contributed by atoms with Gasteiger partial charge in [0.15, 0.2) is 0 Å². The largest absolute Gasteiger partial charge is 0.342 e. The van der Waals surface area contributed by atoms with E-state index in [0.717, 1.165) is 19.6 Å². The number of hydrogen-bond donors (Lipinski definition) is 1. The van der Waals surface area contributed by atoms with Crippen molar-refractivity contribution < 1.29 is 4.79 Å². The number of nitrogens with zero attached hydrogens (tertiary/aromatic N) is 2. The molecule has 2 aliphatic heterocycles. The number of likely N-dealkylation sites (tertiary alicyclic amines) is 2. The highest BCUT2D eigenvalue weighted by molar-refractivity contribution is 5.78. The molecule has 1 atom stereocenters. The van der Waals surface area contributed by atoms with Gasteiger partial charge in [-0.05, 0) is 45.7 Å². The van der Waals surface area contributed by atoms with Gasteiger partial charge in [0, 0.05) is 25.7 Å². The standard InChI is InChI=1S/C13H25N3O/c1-15-7-5-6-12(15)10-14-11-13(17)16-8-3-2-4-9-16/h12,14H,2-11H2,1H3. The van der Waals surface area contributed by atoms with Crippen molar-refractivity contribution in [2.24, 2.45) is 0 Å². The highest BCUT2D eigenvalue weighted by atomic mass is 16.2. The molecule has 1 unspecified atom stereocenters. The summed E-state index contributed by atoms with van der Waals surface area (Å²) < 4.78 is 0. The molecule has 0 saturated carbocycles. The maximum atomic E-state index is 11.9. The van der Waals surface area contributed by atoms with Crippen LogP contribution in [-0.4, -0.2) is 61.5 Å². The molecule has 0 spiro atoms. The summed E-state index contributed by atoms with van der Waals surface area (Å²) in [7, 11) is 2.17. The molecule has 2 rings (SSSR count). The fraction of sp³-hybridized carbons (Fsp3) is 0.923. The lowest BCUT2D eigenvalue weighted by Crippen LogP contribution is -2.44. The summed E-state index contributed by atoms with van der Waals surface area (Å²) in [5, 5.41) is 3.32. The van der Waals surface area contributed by atoms with E-state index in [0.29, 0.717) is 12.6 Å². The van der Waals surface area contributed by atoms with Crippen LogP contribution in [0.2, 0.25) is 0 Å². The van der Waals surface area contributed by atoms with Gasteiger partial charge in [0.05, 0.1) is 6.54 Å². The lowest BCUT2D eigenvalue weighted by Gasteiger charge is -2.27. The molecular weight excluding hydrogens is 214 g/mol. The maximum absolute atomic E-state index is 11.9. The van der Waals surface area contributed by atoms with Gasteiger partial charge in [-0.1, -0.05) is 0 Å². The third-order valence-corrected chi connectivity index (χ3v) is 4.04. The average molecular weight is 239 g/mol. The normalized spacial score (nSPS) is 26.4. The van der Waals surface area contributed by atoms with Crippen LogP contribution in [0.3, 0.4) is 0 Å². The van der Waals surface area contributed by atoms with Crippen molar-refractivity contribution in [1.29, 1.82) is 0 Å². The second-order valence-electron chi connectivity index (χ2n) is 5.35. The topological polar surface area (TPSA) is 35.6 Å². The summed E-state index contributed by atoms with van der Waals surface area (Å²) in [6.07, 6.45) is 6.20. The fourth-order valence-corrected chi connectivity index (χ4v) is 2.84. The van der Waals surface area contributed by atoms with Gasteiger partial charge in [0.25, 0.3) is 0 Å². The van der Waals surface area contributed by atoms with Crippen molar-refractivity contribution in [3.05, 3.63) is 0 Å². The molecule has 0 aromatic heterocycles. The number of nitrogens with one attached hydrogen (secondary N) is 1. The number of likely N-dealkylation sites (N-methyl/N-ethyl adjacent to an activating group) is 1. The minimum absolute atomic E-state index is 0.283. The average Bonchev–Trinajstić information content (AvgIpc) is 2.76. The fourth-order valence-electron chi connectivity index (χ4n) is 2.84. The molecule has 0 aromatic rings. The Labute approximate surface area is 104 Å². The van der Waals surface area contributed by atoms with Crippen LogP contribution in [0, 0.1) is 0 Å². The number of hydrogen-bond acceptors (Lipinski definition) is 3. The summed E-state index contributed by atoms with van der Waals surface area (Å²) in [4.78, 5) is 16.3. The van der Waals surface area contributed by atoms with Crippen LogP contribution in [0.15, 0.2) is 0 Å². The van der Waals surface area contributed by atoms with E-state index in [1.54, 1.807) is 0 Å². The van der Waals surface area contributed by atoms with Gasteiger partial charge >= 0.3 is 0 Å². The quantitative estimate of drug-likeness (QED) is 0.784. The Balaban J connectivity index is 1.62. The summed E-state index contributed by atoms with van der Waals surface area (Å²) in [5.74, 6) is 0.283. The van der Waals surface area contributed by atoms with Crippen LogP contribution in [0.1, 0.15) is 32.1 Å². The predicted octanol–water partition coefficient (Wildman–Crippen LogP) is 0.683. The molecular formula is C13H25N3O. The first-order valence-electron chi connectivity index (χ1n) is 6.96. The van der Waals surface area contributed by atoms with Gasteiger partial charge < -0.3 is 15.1 Å². The lowest BCUT2D eigenvalue weighted by atomic mass is 10.1. The molecule has 2 fully saturated rings. The number of amides is 1. The molecule has 98 valence electrons. The Morgan fingerprint density at radius 3 is 2.59 bits per heavy atom. The molecule has 2 saturated heterocycles. The van der Waals surface area contributed by atoms with Gasteiger partial charge in [0.2, 0.25) is 5.91 Å². The lowest BCUT2D eigenvalue weighted by molar-refractivity contribution is -0.131. The highest BCUT2D eigenvalue weighted by Crippen LogP contribution is 2.13. The van der Waals surface area contributed by atoms with Gasteiger partial charge in [-0.2, -0.15) is 0 Å². The van der Waals surface area contributed by atoms with E-state index in [9.17, 15) is 4.79 Å². The monoisotopic (exact) mass is 239 g/mol. The third-order valence-electron chi connectivity index (χ3n) is 4.04. The van der Waals surface area contributed by atoms with E-state index in [4.69, 9.17) is 0 Å². The number of carbonyl (C=O) groups is 1. The van der Waals surface area contributed by atoms with Crippen molar-refractivity contribution in [1.82, 2.24) is 15.1 Å². The van der Waals surface area contributed by atoms with E-state index in [2.05, 4.69) is 17.3 Å². The maximum Gasteiger partial charge on any atom is 0.236 e. The molecule has 17 heavy (non-hydrogen) atoms. The minimum Gasteiger partial charge on any atom is -0.342 e. The highest BCUT2D eigenvalue weighted by Gasteiger charge is 2.21. The molecule has 2 heterocycles. The zero-order valence-corrected chi connectivity index (χ0v) is 11.0. The van der Waals surface area contributed by atoms with Crippen LogP contribution in [-0.2, 0) is 4.79 Å². The molecule has 0 aliphatic carbocycles. The van der Waals surface area contributed by atoms with E-state index in [-0.39, 0.29) is 5.91 Å². The molecule has 4 heteroatoms. The Bertz CT molecular complexity index is 251. The Morgan fingerprint density at radius 1 is 1.18 bits per heavy atom. The van der Waals surface area contributed by atoms with E-state index >= 15 is 0 Å². The third kappa shape index (κ3) is 3.68. The summed E-state index contributed by atoms with van der Waals surface area (Å²) in [5.41, 5.74) is 0. The zero-order chi connectivity index (χ0) is 12.1. The van der Waals surface area contributed by atoms with Crippen LogP contribution in [0.4, 0.5) is 0 Å². The van der Waals surface area contributed by atoms with Gasteiger partial charge in [-0.15, -0.1) is 0 Å². The minimum atomic E-state index is 0.283. The summed E-state index contributed by atoms with van der Waals surface area (Å²) >= 11 is 0.